The molecule has 0 aliphatic heterocycles. The molecule has 0 N–H and O–H groups in total. The van der Waals surface area contributed by atoms with E-state index in [0.29, 0.717) is 28.5 Å². The second-order valence-corrected chi connectivity index (χ2v) is 11.1. The fraction of sp³-hybridized carbons (Fsp3) is 0.143. The summed E-state index contributed by atoms with van der Waals surface area (Å²) in [6, 6.07) is 27.0. The third-order valence-corrected chi connectivity index (χ3v) is 6.74. The summed E-state index contributed by atoms with van der Waals surface area (Å²) in [6.45, 7) is 6.80. The summed E-state index contributed by atoms with van der Waals surface area (Å²) in [5.41, 5.74) is 2.93. The quantitative estimate of drug-likeness (QED) is 0.104. The van der Waals surface area contributed by atoms with E-state index in [1.807, 2.05) is 72.8 Å². The highest BCUT2D eigenvalue weighted by atomic mass is 35.5. The molecule has 1 heterocycles. The van der Waals surface area contributed by atoms with Crippen LogP contribution in [-0.2, 0) is 16.8 Å². The van der Waals surface area contributed by atoms with Gasteiger partial charge in [-0.05, 0) is 76.7 Å². The fourth-order valence-corrected chi connectivity index (χ4v) is 4.24. The summed E-state index contributed by atoms with van der Waals surface area (Å²) in [5.74, 6) is 0.984. The maximum Gasteiger partial charge on any atom is 0.336 e. The van der Waals surface area contributed by atoms with Crippen LogP contribution in [0.3, 0.4) is 0 Å². The average molecular weight is 581 g/mol. The van der Waals surface area contributed by atoms with Gasteiger partial charge in [-0.25, -0.2) is 4.79 Å². The van der Waals surface area contributed by atoms with Crippen molar-refractivity contribution in [2.45, 2.75) is 32.8 Å². The van der Waals surface area contributed by atoms with Crippen LogP contribution in [0.2, 0.25) is 5.02 Å². The smallest absolute Gasteiger partial charge is 0.336 e. The topological polar surface area (TPSA) is 75.0 Å². The zero-order valence-corrected chi connectivity index (χ0v) is 24.2. The third kappa shape index (κ3) is 7.28. The molecule has 0 aliphatic rings. The van der Waals surface area contributed by atoms with Gasteiger partial charge in [0.15, 0.2) is 0 Å². The second kappa shape index (κ2) is 12.4. The first-order valence-corrected chi connectivity index (χ1v) is 13.7. The van der Waals surface area contributed by atoms with E-state index in [0.717, 1.165) is 16.7 Å². The molecule has 0 spiro atoms. The monoisotopic (exact) mass is 580 g/mol. The molecular formula is C35H29ClO6. The van der Waals surface area contributed by atoms with Crippen LogP contribution in [-0.4, -0.2) is 5.97 Å². The highest BCUT2D eigenvalue weighted by Crippen LogP contribution is 2.28. The fourth-order valence-electron chi connectivity index (χ4n) is 4.11. The second-order valence-electron chi connectivity index (χ2n) is 10.7. The summed E-state index contributed by atoms with van der Waals surface area (Å²) in [4.78, 5) is 25.4. The number of rotatable bonds is 8. The van der Waals surface area contributed by atoms with Crippen molar-refractivity contribution < 1.29 is 23.4 Å². The Labute approximate surface area is 248 Å². The van der Waals surface area contributed by atoms with Crippen LogP contribution in [0.25, 0.3) is 17.0 Å². The third-order valence-electron chi connectivity index (χ3n) is 6.49. The lowest BCUT2D eigenvalue weighted by Crippen LogP contribution is -2.10. The molecule has 0 unspecified atom stereocenters. The lowest BCUT2D eigenvalue weighted by molar-refractivity contribution is -0.128. The number of carbonyl (C=O) groups excluding carboxylic acids is 1. The number of benzene rings is 4. The predicted molar refractivity (Wildman–Crippen MR) is 165 cm³/mol. The Hall–Kier alpha value is -4.81. The van der Waals surface area contributed by atoms with Crippen molar-refractivity contribution in [3.63, 3.8) is 0 Å². The van der Waals surface area contributed by atoms with Gasteiger partial charge in [-0.1, -0.05) is 68.8 Å². The van der Waals surface area contributed by atoms with Gasteiger partial charge in [-0.15, -0.1) is 0 Å². The Morgan fingerprint density at radius 2 is 1.52 bits per heavy atom. The Morgan fingerprint density at radius 3 is 2.21 bits per heavy atom. The summed E-state index contributed by atoms with van der Waals surface area (Å²) in [5, 5.41) is 0.992. The van der Waals surface area contributed by atoms with Gasteiger partial charge in [0, 0.05) is 17.2 Å². The molecule has 5 aromatic rings. The first-order valence-electron chi connectivity index (χ1n) is 13.4. The highest BCUT2D eigenvalue weighted by molar-refractivity contribution is 6.30. The minimum absolute atomic E-state index is 0.0117. The van der Waals surface area contributed by atoms with Crippen LogP contribution in [0.1, 0.15) is 37.5 Å². The molecule has 212 valence electrons. The van der Waals surface area contributed by atoms with Crippen molar-refractivity contribution in [3.8, 4) is 23.0 Å². The molecule has 0 radical (unpaired) electrons. The van der Waals surface area contributed by atoms with Gasteiger partial charge < -0.3 is 18.6 Å². The van der Waals surface area contributed by atoms with Gasteiger partial charge in [0.25, 0.3) is 0 Å². The molecule has 4 aromatic carbocycles. The molecule has 0 amide bonds. The molecule has 7 heteroatoms. The van der Waals surface area contributed by atoms with Crippen molar-refractivity contribution in [3.05, 3.63) is 135 Å². The van der Waals surface area contributed by atoms with Crippen LogP contribution in [0.15, 0.2) is 113 Å². The minimum Gasteiger partial charge on any atom is -0.489 e. The summed E-state index contributed by atoms with van der Waals surface area (Å²) in [6.07, 6.45) is 4.23. The van der Waals surface area contributed by atoms with Crippen molar-refractivity contribution >= 4 is 34.6 Å². The van der Waals surface area contributed by atoms with E-state index < -0.39 is 5.97 Å². The molecule has 0 atom stereocenters. The average Bonchev–Trinajstić information content (AvgIpc) is 2.98. The standard InChI is InChI=1S/C35H29ClO6/c1-35(2,3)25-9-15-28(16-10-25)41-32-22-40-31-20-29(17-18-30(31)34(32)38)42-33(37)19-8-23-6-13-27(14-7-23)39-21-24-4-11-26(36)12-5-24/h4-20,22H,21H2,1-3H3. The van der Waals surface area contributed by atoms with Crippen LogP contribution in [0.4, 0.5) is 0 Å². The number of ether oxygens (including phenoxy) is 3. The first kappa shape index (κ1) is 28.7. The van der Waals surface area contributed by atoms with E-state index >= 15 is 0 Å². The minimum atomic E-state index is -0.571. The van der Waals surface area contributed by atoms with Gasteiger partial charge in [0.2, 0.25) is 11.2 Å². The molecule has 1 aromatic heterocycles. The molecule has 0 saturated heterocycles. The van der Waals surface area contributed by atoms with Crippen molar-refractivity contribution in [2.75, 3.05) is 0 Å². The van der Waals surface area contributed by atoms with E-state index in [1.165, 1.54) is 18.4 Å². The number of hydrogen-bond acceptors (Lipinski definition) is 6. The van der Waals surface area contributed by atoms with Crippen LogP contribution >= 0.6 is 11.6 Å². The number of carbonyl (C=O) groups is 1. The van der Waals surface area contributed by atoms with Gasteiger partial charge in [0.05, 0.1) is 5.39 Å². The van der Waals surface area contributed by atoms with Gasteiger partial charge >= 0.3 is 5.97 Å². The van der Waals surface area contributed by atoms with Crippen molar-refractivity contribution in [2.24, 2.45) is 0 Å². The normalized spacial score (nSPS) is 11.5. The van der Waals surface area contributed by atoms with Crippen LogP contribution in [0.5, 0.6) is 23.0 Å². The molecule has 0 saturated carbocycles. The molecule has 5 rings (SSSR count). The van der Waals surface area contributed by atoms with E-state index in [9.17, 15) is 9.59 Å². The van der Waals surface area contributed by atoms with E-state index in [1.54, 1.807) is 18.2 Å². The highest BCUT2D eigenvalue weighted by Gasteiger charge is 2.15. The SMILES string of the molecule is CC(C)(C)c1ccc(Oc2coc3cc(OC(=O)C=Cc4ccc(OCc5ccc(Cl)cc5)cc4)ccc3c2=O)cc1. The van der Waals surface area contributed by atoms with Crippen LogP contribution in [0, 0.1) is 0 Å². The number of hydrogen-bond donors (Lipinski definition) is 0. The zero-order chi connectivity index (χ0) is 29.7. The molecule has 42 heavy (non-hydrogen) atoms. The Kier molecular flexibility index (Phi) is 8.46. The van der Waals surface area contributed by atoms with E-state index in [2.05, 4.69) is 20.8 Å². The Balaban J connectivity index is 1.18. The number of esters is 1. The molecule has 6 nitrogen and oxygen atoms in total. The Morgan fingerprint density at radius 1 is 0.857 bits per heavy atom. The largest absolute Gasteiger partial charge is 0.489 e. The summed E-state index contributed by atoms with van der Waals surface area (Å²) < 4.78 is 22.6. The molecule has 0 aliphatic carbocycles. The number of halogens is 1. The van der Waals surface area contributed by atoms with Gasteiger partial charge in [-0.2, -0.15) is 0 Å². The molecule has 0 fully saturated rings. The lowest BCUT2D eigenvalue weighted by Gasteiger charge is -2.19. The van der Waals surface area contributed by atoms with Crippen molar-refractivity contribution in [1.82, 2.24) is 0 Å². The maximum atomic E-state index is 13.0. The van der Waals surface area contributed by atoms with Gasteiger partial charge in [0.1, 0.15) is 35.7 Å². The van der Waals surface area contributed by atoms with E-state index in [-0.39, 0.29) is 27.9 Å². The molecular weight excluding hydrogens is 552 g/mol. The first-order chi connectivity index (χ1) is 20.1. The van der Waals surface area contributed by atoms with Gasteiger partial charge in [-0.3, -0.25) is 4.79 Å². The zero-order valence-electron chi connectivity index (χ0n) is 23.4. The Bertz CT molecular complexity index is 1780. The number of fused-ring (bicyclic) bond motifs is 1. The summed E-state index contributed by atoms with van der Waals surface area (Å²) >= 11 is 5.91. The molecule has 0 bridgehead atoms. The van der Waals surface area contributed by atoms with Crippen molar-refractivity contribution in [1.29, 1.82) is 0 Å². The predicted octanol–water partition coefficient (Wildman–Crippen LogP) is 8.73. The van der Waals surface area contributed by atoms with Crippen LogP contribution < -0.4 is 19.6 Å². The van der Waals surface area contributed by atoms with E-state index in [4.69, 9.17) is 30.2 Å². The lowest BCUT2D eigenvalue weighted by atomic mass is 9.87. The summed E-state index contributed by atoms with van der Waals surface area (Å²) in [7, 11) is 0. The maximum absolute atomic E-state index is 13.0.